The summed E-state index contributed by atoms with van der Waals surface area (Å²) >= 11 is 0. The molecule has 3 aromatic heterocycles. The monoisotopic (exact) mass is 413 g/mol. The fourth-order valence-corrected chi connectivity index (χ4v) is 3.03. The molecule has 5 rings (SSSR count). The minimum atomic E-state index is -0.578. The molecule has 2 amide bonds. The van der Waals surface area contributed by atoms with E-state index in [0.29, 0.717) is 11.0 Å². The average molecular weight is 413 g/mol. The zero-order valence-electron chi connectivity index (χ0n) is 16.6. The summed E-state index contributed by atoms with van der Waals surface area (Å²) in [5.41, 5.74) is 6.93. The van der Waals surface area contributed by atoms with E-state index in [1.54, 1.807) is 36.7 Å². The van der Waals surface area contributed by atoms with Gasteiger partial charge >= 0.3 is 0 Å². The number of nitrogens with zero attached hydrogens (tertiary/aromatic N) is 2. The lowest BCUT2D eigenvalue weighted by Crippen LogP contribution is -2.14. The van der Waals surface area contributed by atoms with Crippen LogP contribution in [0.1, 0.15) is 26.6 Å². The van der Waals surface area contributed by atoms with E-state index in [1.165, 1.54) is 0 Å². The Morgan fingerprint density at radius 3 is 2.52 bits per heavy atom. The summed E-state index contributed by atoms with van der Waals surface area (Å²) in [6, 6.07) is 18.2. The van der Waals surface area contributed by atoms with Crippen molar-refractivity contribution < 1.29 is 14.0 Å². The maximum absolute atomic E-state index is 12.4. The van der Waals surface area contributed by atoms with Crippen molar-refractivity contribution in [3.05, 3.63) is 90.1 Å². The quantitative estimate of drug-likeness (QED) is 0.411. The second-order valence-corrected chi connectivity index (χ2v) is 6.75. The number of primary amides is 1. The number of benzene rings is 2. The lowest BCUT2D eigenvalue weighted by Gasteiger charge is -2.03. The van der Waals surface area contributed by atoms with E-state index in [1.807, 2.05) is 43.3 Å². The maximum atomic E-state index is 12.4. The Labute approximate surface area is 177 Å². The Bertz CT molecular complexity index is 1370. The number of hydrogen-bond acceptors (Lipinski definition) is 5. The standard InChI is InChI=1S/C18H13N5O2.C5H6O/c19-16(24)12-6-3-7-13-15(12)22-18(21-13)23-17(25)14-8-10-4-1-2-5-11(10)9-20-14;1-5-3-2-4-6-5/h1-9H,(H2,19,24)(H2,21,22,23,25);2-4H,1H3. The van der Waals surface area contributed by atoms with E-state index in [9.17, 15) is 9.59 Å². The first-order valence-electron chi connectivity index (χ1n) is 9.46. The van der Waals surface area contributed by atoms with Crippen LogP contribution in [0.2, 0.25) is 0 Å². The van der Waals surface area contributed by atoms with Gasteiger partial charge < -0.3 is 15.1 Å². The minimum absolute atomic E-state index is 0.226. The molecule has 0 spiro atoms. The number of aryl methyl sites for hydroxylation is 1. The minimum Gasteiger partial charge on any atom is -0.470 e. The SMILES string of the molecule is Cc1ccco1.NC(=O)c1cccc2[nH]c(NC(=O)c3cc4ccccc4cn3)nc12. The van der Waals surface area contributed by atoms with Crippen molar-refractivity contribution in [1.82, 2.24) is 15.0 Å². The van der Waals surface area contributed by atoms with Crippen LogP contribution < -0.4 is 11.1 Å². The van der Waals surface area contributed by atoms with E-state index in [4.69, 9.17) is 10.2 Å². The number of para-hydroxylation sites is 1. The van der Waals surface area contributed by atoms with Crippen molar-refractivity contribution in [2.75, 3.05) is 5.32 Å². The number of furan rings is 1. The van der Waals surface area contributed by atoms with E-state index in [-0.39, 0.29) is 17.2 Å². The summed E-state index contributed by atoms with van der Waals surface area (Å²) < 4.78 is 4.83. The number of hydrogen-bond donors (Lipinski definition) is 3. The molecule has 0 atom stereocenters. The van der Waals surface area contributed by atoms with E-state index >= 15 is 0 Å². The molecule has 0 bridgehead atoms. The van der Waals surface area contributed by atoms with Crippen molar-refractivity contribution in [1.29, 1.82) is 0 Å². The Balaban J connectivity index is 0.000000334. The second-order valence-electron chi connectivity index (χ2n) is 6.75. The van der Waals surface area contributed by atoms with Gasteiger partial charge in [0.2, 0.25) is 5.95 Å². The highest BCUT2D eigenvalue weighted by atomic mass is 16.3. The van der Waals surface area contributed by atoms with Crippen LogP contribution in [0, 0.1) is 6.92 Å². The first-order valence-corrected chi connectivity index (χ1v) is 9.46. The second kappa shape index (κ2) is 8.50. The topological polar surface area (TPSA) is 127 Å². The van der Waals surface area contributed by atoms with E-state index < -0.39 is 11.8 Å². The van der Waals surface area contributed by atoms with Crippen LogP contribution in [0.15, 0.2) is 77.5 Å². The molecule has 5 aromatic rings. The molecule has 4 N–H and O–H groups in total. The van der Waals surface area contributed by atoms with Gasteiger partial charge in [0.25, 0.3) is 11.8 Å². The third kappa shape index (κ3) is 4.43. The van der Waals surface area contributed by atoms with Crippen LogP contribution in [0.25, 0.3) is 21.8 Å². The molecule has 0 fully saturated rings. The predicted octanol–water partition coefficient (Wildman–Crippen LogP) is 4.05. The van der Waals surface area contributed by atoms with Crippen LogP contribution in [-0.4, -0.2) is 26.8 Å². The van der Waals surface area contributed by atoms with Gasteiger partial charge in [0, 0.05) is 11.6 Å². The van der Waals surface area contributed by atoms with Crippen molar-refractivity contribution in [2.24, 2.45) is 5.73 Å². The zero-order valence-corrected chi connectivity index (χ0v) is 16.6. The Hall–Kier alpha value is -4.46. The van der Waals surface area contributed by atoms with Crippen LogP contribution in [0.3, 0.4) is 0 Å². The molecular weight excluding hydrogens is 394 g/mol. The Kier molecular flexibility index (Phi) is 5.44. The molecule has 154 valence electrons. The van der Waals surface area contributed by atoms with Gasteiger partial charge in [-0.25, -0.2) is 4.98 Å². The molecule has 0 saturated heterocycles. The molecule has 3 heterocycles. The average Bonchev–Trinajstić information content (AvgIpc) is 3.41. The lowest BCUT2D eigenvalue weighted by atomic mass is 10.1. The highest BCUT2D eigenvalue weighted by molar-refractivity contribution is 6.07. The van der Waals surface area contributed by atoms with Crippen molar-refractivity contribution in [3.8, 4) is 0 Å². The molecule has 8 heteroatoms. The number of H-pyrrole nitrogens is 1. The van der Waals surface area contributed by atoms with E-state index in [2.05, 4.69) is 20.3 Å². The van der Waals surface area contributed by atoms with E-state index in [0.717, 1.165) is 16.5 Å². The number of aromatic amines is 1. The van der Waals surface area contributed by atoms with Gasteiger partial charge in [0.15, 0.2) is 0 Å². The number of carbonyl (C=O) groups excluding carboxylic acids is 2. The zero-order chi connectivity index (χ0) is 21.8. The molecule has 0 radical (unpaired) electrons. The molecular formula is C23H19N5O3. The summed E-state index contributed by atoms with van der Waals surface area (Å²) in [6.45, 7) is 1.92. The number of nitrogens with two attached hydrogens (primary N) is 1. The Morgan fingerprint density at radius 1 is 1.03 bits per heavy atom. The highest BCUT2D eigenvalue weighted by Gasteiger charge is 2.14. The number of imidazole rings is 1. The normalized spacial score (nSPS) is 10.5. The first kappa shape index (κ1) is 19.8. The van der Waals surface area contributed by atoms with Crippen molar-refractivity contribution in [2.45, 2.75) is 6.92 Å². The number of aromatic nitrogens is 3. The number of fused-ring (bicyclic) bond motifs is 2. The number of rotatable bonds is 3. The van der Waals surface area contributed by atoms with Gasteiger partial charge in [-0.3, -0.25) is 19.9 Å². The summed E-state index contributed by atoms with van der Waals surface area (Å²) in [5.74, 6) is 0.218. The number of nitrogens with one attached hydrogen (secondary N) is 2. The predicted molar refractivity (Wildman–Crippen MR) is 118 cm³/mol. The highest BCUT2D eigenvalue weighted by Crippen LogP contribution is 2.19. The van der Waals surface area contributed by atoms with Crippen molar-refractivity contribution in [3.63, 3.8) is 0 Å². The summed E-state index contributed by atoms with van der Waals surface area (Å²) in [6.07, 6.45) is 3.31. The molecule has 0 unspecified atom stereocenters. The fraction of sp³-hybridized carbons (Fsp3) is 0.0435. The Morgan fingerprint density at radius 2 is 1.84 bits per heavy atom. The first-order chi connectivity index (χ1) is 15.0. The molecule has 8 nitrogen and oxygen atoms in total. The smallest absolute Gasteiger partial charge is 0.276 e. The molecule has 0 saturated carbocycles. The van der Waals surface area contributed by atoms with Gasteiger partial charge in [-0.2, -0.15) is 0 Å². The molecule has 0 aliphatic carbocycles. The molecule has 31 heavy (non-hydrogen) atoms. The van der Waals surface area contributed by atoms with Crippen LogP contribution in [-0.2, 0) is 0 Å². The van der Waals surface area contributed by atoms with Gasteiger partial charge in [0.05, 0.1) is 17.3 Å². The van der Waals surface area contributed by atoms with Gasteiger partial charge in [0.1, 0.15) is 17.0 Å². The van der Waals surface area contributed by atoms with Crippen LogP contribution in [0.4, 0.5) is 5.95 Å². The third-order valence-corrected chi connectivity index (χ3v) is 4.54. The van der Waals surface area contributed by atoms with Gasteiger partial charge in [-0.1, -0.05) is 30.3 Å². The number of pyridine rings is 1. The summed E-state index contributed by atoms with van der Waals surface area (Å²) in [5, 5.41) is 4.53. The number of carbonyl (C=O) groups is 2. The van der Waals surface area contributed by atoms with Gasteiger partial charge in [-0.05, 0) is 42.6 Å². The number of amides is 2. The molecule has 2 aromatic carbocycles. The summed E-state index contributed by atoms with van der Waals surface area (Å²) in [4.78, 5) is 35.3. The van der Waals surface area contributed by atoms with Gasteiger partial charge in [-0.15, -0.1) is 0 Å². The molecule has 0 aliphatic heterocycles. The fourth-order valence-electron chi connectivity index (χ4n) is 3.03. The lowest BCUT2D eigenvalue weighted by molar-refractivity contribution is 0.0998. The maximum Gasteiger partial charge on any atom is 0.276 e. The largest absolute Gasteiger partial charge is 0.470 e. The van der Waals surface area contributed by atoms with Crippen LogP contribution in [0.5, 0.6) is 0 Å². The number of anilines is 1. The molecule has 0 aliphatic rings. The van der Waals surface area contributed by atoms with Crippen molar-refractivity contribution >= 4 is 39.6 Å². The third-order valence-electron chi connectivity index (χ3n) is 4.54. The summed E-state index contributed by atoms with van der Waals surface area (Å²) in [7, 11) is 0. The van der Waals surface area contributed by atoms with Crippen LogP contribution >= 0.6 is 0 Å².